The van der Waals surface area contributed by atoms with Crippen LogP contribution in [0.25, 0.3) is 0 Å². The number of benzene rings is 1. The largest absolute Gasteiger partial charge is 0.491 e. The summed E-state index contributed by atoms with van der Waals surface area (Å²) in [4.78, 5) is 15.7. The highest BCUT2D eigenvalue weighted by molar-refractivity contribution is 5.67. The van der Waals surface area contributed by atoms with E-state index in [0.717, 1.165) is 36.6 Å². The first-order chi connectivity index (χ1) is 15.5. The van der Waals surface area contributed by atoms with Crippen molar-refractivity contribution >= 4 is 6.09 Å². The molecule has 0 radical (unpaired) electrons. The fourth-order valence-corrected chi connectivity index (χ4v) is 7.24. The Bertz CT molecular complexity index is 752. The van der Waals surface area contributed by atoms with Gasteiger partial charge in [0.15, 0.2) is 0 Å². The zero-order valence-electron chi connectivity index (χ0n) is 19.4. The number of hydrogen-bond acceptors (Lipinski definition) is 5. The minimum Gasteiger partial charge on any atom is -0.491 e. The van der Waals surface area contributed by atoms with E-state index in [9.17, 15) is 9.90 Å². The topological polar surface area (TPSA) is 62.2 Å². The van der Waals surface area contributed by atoms with E-state index in [-0.39, 0.29) is 12.7 Å². The molecule has 5 fully saturated rings. The highest BCUT2D eigenvalue weighted by Gasteiger charge is 2.51. The zero-order chi connectivity index (χ0) is 22.1. The van der Waals surface area contributed by atoms with Crippen molar-refractivity contribution < 1.29 is 19.4 Å². The third-order valence-electron chi connectivity index (χ3n) is 8.31. The molecule has 1 aromatic carbocycles. The standard InChI is InChI=1S/C26H38N2O4/c1-2-31-25(30)28-9-7-27(8-10-28)17-23(29)18-32-24-5-3-22(4-6-24)26-14-19-11-20(15-26)13-21(12-19)16-26/h3-6,19-21,23,29H,2,7-18H2,1H3/t19?,20?,21?,23-,26?/m0/s1. The van der Waals surface area contributed by atoms with E-state index in [4.69, 9.17) is 9.47 Å². The summed E-state index contributed by atoms with van der Waals surface area (Å²) in [7, 11) is 0. The lowest BCUT2D eigenvalue weighted by Crippen LogP contribution is -2.51. The van der Waals surface area contributed by atoms with E-state index in [1.54, 1.807) is 4.90 Å². The number of amides is 1. The van der Waals surface area contributed by atoms with Gasteiger partial charge in [0.25, 0.3) is 0 Å². The van der Waals surface area contributed by atoms with Crippen LogP contribution in [0.15, 0.2) is 24.3 Å². The van der Waals surface area contributed by atoms with Gasteiger partial charge in [0, 0.05) is 32.7 Å². The van der Waals surface area contributed by atoms with Gasteiger partial charge >= 0.3 is 6.09 Å². The molecule has 176 valence electrons. The number of hydrogen-bond donors (Lipinski definition) is 1. The number of ether oxygens (including phenoxy) is 2. The first-order valence-corrected chi connectivity index (χ1v) is 12.6. The quantitative estimate of drug-likeness (QED) is 0.698. The molecule has 32 heavy (non-hydrogen) atoms. The second-order valence-corrected chi connectivity index (χ2v) is 10.7. The van der Waals surface area contributed by atoms with Gasteiger partial charge in [-0.2, -0.15) is 0 Å². The maximum absolute atomic E-state index is 11.8. The Morgan fingerprint density at radius 1 is 1.03 bits per heavy atom. The molecule has 5 aliphatic rings. The highest BCUT2D eigenvalue weighted by atomic mass is 16.6. The molecule has 0 unspecified atom stereocenters. The monoisotopic (exact) mass is 442 g/mol. The predicted octanol–water partition coefficient (Wildman–Crippen LogP) is 3.67. The molecular formula is C26H38N2O4. The summed E-state index contributed by atoms with van der Waals surface area (Å²) in [5, 5.41) is 10.5. The van der Waals surface area contributed by atoms with Crippen molar-refractivity contribution in [2.45, 2.75) is 57.0 Å². The van der Waals surface area contributed by atoms with Crippen LogP contribution >= 0.6 is 0 Å². The molecule has 1 atom stereocenters. The van der Waals surface area contributed by atoms with Crippen molar-refractivity contribution in [2.24, 2.45) is 17.8 Å². The second kappa shape index (κ2) is 9.22. The van der Waals surface area contributed by atoms with Crippen LogP contribution in [0.3, 0.4) is 0 Å². The Kier molecular flexibility index (Phi) is 6.35. The third-order valence-corrected chi connectivity index (χ3v) is 8.31. The number of aliphatic hydroxyl groups is 1. The average molecular weight is 443 g/mol. The summed E-state index contributed by atoms with van der Waals surface area (Å²) in [6.07, 6.45) is 7.74. The summed E-state index contributed by atoms with van der Waals surface area (Å²) in [5.41, 5.74) is 1.92. The zero-order valence-corrected chi connectivity index (χ0v) is 19.4. The molecule has 1 heterocycles. The maximum atomic E-state index is 11.8. The van der Waals surface area contributed by atoms with Crippen molar-refractivity contribution in [3.8, 4) is 5.75 Å². The van der Waals surface area contributed by atoms with E-state index in [1.165, 1.54) is 44.1 Å². The van der Waals surface area contributed by atoms with E-state index in [1.807, 2.05) is 6.92 Å². The minimum atomic E-state index is -0.549. The van der Waals surface area contributed by atoms with Gasteiger partial charge in [-0.3, -0.25) is 4.90 Å². The normalized spacial score (nSPS) is 32.7. The van der Waals surface area contributed by atoms with Crippen molar-refractivity contribution in [1.82, 2.24) is 9.80 Å². The predicted molar refractivity (Wildman–Crippen MR) is 123 cm³/mol. The van der Waals surface area contributed by atoms with E-state index in [2.05, 4.69) is 29.2 Å². The molecule has 6 rings (SSSR count). The molecule has 0 aromatic heterocycles. The minimum absolute atomic E-state index is 0.243. The lowest BCUT2D eigenvalue weighted by molar-refractivity contribution is -0.00523. The molecule has 1 amide bonds. The summed E-state index contributed by atoms with van der Waals surface area (Å²) < 4.78 is 11.0. The third kappa shape index (κ3) is 4.62. The molecule has 1 aromatic rings. The molecule has 6 nitrogen and oxygen atoms in total. The summed E-state index contributed by atoms with van der Waals surface area (Å²) >= 11 is 0. The van der Waals surface area contributed by atoms with Crippen LogP contribution in [0.1, 0.15) is 51.0 Å². The Morgan fingerprint density at radius 3 is 2.19 bits per heavy atom. The van der Waals surface area contributed by atoms with Gasteiger partial charge in [0.05, 0.1) is 6.61 Å². The van der Waals surface area contributed by atoms with E-state index < -0.39 is 6.10 Å². The molecule has 4 bridgehead atoms. The van der Waals surface area contributed by atoms with Crippen LogP contribution < -0.4 is 4.74 Å². The highest BCUT2D eigenvalue weighted by Crippen LogP contribution is 2.60. The Labute approximate surface area is 191 Å². The molecule has 0 spiro atoms. The van der Waals surface area contributed by atoms with Crippen LogP contribution in [0.2, 0.25) is 0 Å². The lowest BCUT2D eigenvalue weighted by atomic mass is 9.48. The van der Waals surface area contributed by atoms with Crippen molar-refractivity contribution in [3.63, 3.8) is 0 Å². The van der Waals surface area contributed by atoms with E-state index >= 15 is 0 Å². The molecule has 1 saturated heterocycles. The number of nitrogens with zero attached hydrogens (tertiary/aromatic N) is 2. The maximum Gasteiger partial charge on any atom is 0.409 e. The Hall–Kier alpha value is -1.79. The van der Waals surface area contributed by atoms with Crippen LogP contribution in [0.4, 0.5) is 4.79 Å². The molecule has 4 aliphatic carbocycles. The fraction of sp³-hybridized carbons (Fsp3) is 0.731. The van der Waals surface area contributed by atoms with Gasteiger partial charge in [-0.15, -0.1) is 0 Å². The number of aliphatic hydroxyl groups excluding tert-OH is 1. The fourth-order valence-electron chi connectivity index (χ4n) is 7.24. The number of β-amino-alcohol motifs (C(OH)–C–C–N with tert-alkyl or cyclic N) is 1. The van der Waals surface area contributed by atoms with Crippen LogP contribution in [0.5, 0.6) is 5.75 Å². The van der Waals surface area contributed by atoms with Gasteiger partial charge in [-0.25, -0.2) is 4.79 Å². The molecule has 6 heteroatoms. The van der Waals surface area contributed by atoms with Crippen LogP contribution in [0, 0.1) is 17.8 Å². The lowest BCUT2D eigenvalue weighted by Gasteiger charge is -2.57. The van der Waals surface area contributed by atoms with Gasteiger partial charge in [0.2, 0.25) is 0 Å². The van der Waals surface area contributed by atoms with E-state index in [0.29, 0.717) is 31.7 Å². The van der Waals surface area contributed by atoms with Crippen molar-refractivity contribution in [1.29, 1.82) is 0 Å². The summed E-state index contributed by atoms with van der Waals surface area (Å²) in [6, 6.07) is 8.75. The SMILES string of the molecule is CCOC(=O)N1CCN(C[C@H](O)COc2ccc(C34CC5CC(CC(C5)C3)C4)cc2)CC1. The van der Waals surface area contributed by atoms with Gasteiger partial charge in [-0.05, 0) is 86.3 Å². The number of piperazine rings is 1. The van der Waals surface area contributed by atoms with Crippen LogP contribution in [-0.2, 0) is 10.2 Å². The number of carbonyl (C=O) groups excluding carboxylic acids is 1. The van der Waals surface area contributed by atoms with Crippen molar-refractivity contribution in [2.75, 3.05) is 45.9 Å². The smallest absolute Gasteiger partial charge is 0.409 e. The molecular weight excluding hydrogens is 404 g/mol. The van der Waals surface area contributed by atoms with Crippen LogP contribution in [-0.4, -0.2) is 73.0 Å². The summed E-state index contributed by atoms with van der Waals surface area (Å²) in [6.45, 7) is 5.83. The van der Waals surface area contributed by atoms with Gasteiger partial charge in [-0.1, -0.05) is 12.1 Å². The molecule has 1 N–H and O–H groups in total. The molecule has 4 saturated carbocycles. The van der Waals surface area contributed by atoms with Gasteiger partial charge < -0.3 is 19.5 Å². The first kappa shape index (κ1) is 22.0. The summed E-state index contributed by atoms with van der Waals surface area (Å²) in [5.74, 6) is 3.69. The second-order valence-electron chi connectivity index (χ2n) is 10.7. The average Bonchev–Trinajstić information content (AvgIpc) is 2.78. The molecule has 1 aliphatic heterocycles. The number of rotatable bonds is 7. The first-order valence-electron chi connectivity index (χ1n) is 12.6. The van der Waals surface area contributed by atoms with Gasteiger partial charge in [0.1, 0.15) is 18.5 Å². The van der Waals surface area contributed by atoms with Crippen molar-refractivity contribution in [3.05, 3.63) is 29.8 Å². The Balaban J connectivity index is 1.08. The number of carbonyl (C=O) groups is 1. The Morgan fingerprint density at radius 2 is 1.62 bits per heavy atom.